The molecule has 0 aromatic carbocycles. The Morgan fingerprint density at radius 3 is 1.33 bits per heavy atom. The van der Waals surface area contributed by atoms with Crippen LogP contribution in [-0.2, 0) is 4.79 Å². The van der Waals surface area contributed by atoms with Crippen molar-refractivity contribution in [3.8, 4) is 0 Å². The summed E-state index contributed by atoms with van der Waals surface area (Å²) < 4.78 is 0. The van der Waals surface area contributed by atoms with Crippen molar-refractivity contribution in [2.75, 3.05) is 6.61 Å². The molecule has 0 bridgehead atoms. The van der Waals surface area contributed by atoms with Crippen LogP contribution in [0, 0.1) is 0 Å². The van der Waals surface area contributed by atoms with E-state index >= 15 is 0 Å². The van der Waals surface area contributed by atoms with E-state index in [4.69, 9.17) is 0 Å². The molecule has 0 aliphatic rings. The molecule has 0 aromatic heterocycles. The van der Waals surface area contributed by atoms with Crippen molar-refractivity contribution >= 4 is 5.91 Å². The van der Waals surface area contributed by atoms with E-state index in [2.05, 4.69) is 19.2 Å². The monoisotopic (exact) mass is 552 g/mol. The third kappa shape index (κ3) is 28.5. The fourth-order valence-corrected chi connectivity index (χ4v) is 5.29. The number of nitrogens with one attached hydrogen (secondary N) is 1. The van der Waals surface area contributed by atoms with Crippen molar-refractivity contribution < 1.29 is 15.0 Å². The molecular weight excluding hydrogens is 482 g/mol. The number of aliphatic hydroxyl groups excluding tert-OH is 2. The number of rotatable bonds is 31. The lowest BCUT2D eigenvalue weighted by Crippen LogP contribution is -2.45. The maximum absolute atomic E-state index is 12.3. The number of amides is 1. The van der Waals surface area contributed by atoms with E-state index in [0.29, 0.717) is 6.42 Å². The molecule has 0 radical (unpaired) electrons. The van der Waals surface area contributed by atoms with Crippen LogP contribution in [0.2, 0.25) is 0 Å². The van der Waals surface area contributed by atoms with Crippen LogP contribution in [0.25, 0.3) is 0 Å². The van der Waals surface area contributed by atoms with E-state index in [1.165, 1.54) is 141 Å². The maximum atomic E-state index is 12.3. The van der Waals surface area contributed by atoms with Crippen LogP contribution in [0.4, 0.5) is 0 Å². The van der Waals surface area contributed by atoms with Crippen LogP contribution in [0.5, 0.6) is 0 Å². The van der Waals surface area contributed by atoms with Crippen molar-refractivity contribution in [3.63, 3.8) is 0 Å². The molecule has 0 spiro atoms. The Bertz CT molecular complexity index is 522. The highest BCUT2D eigenvalue weighted by Gasteiger charge is 2.17. The second kappa shape index (κ2) is 31.7. The highest BCUT2D eigenvalue weighted by molar-refractivity contribution is 5.76. The van der Waals surface area contributed by atoms with Gasteiger partial charge in [-0.2, -0.15) is 0 Å². The van der Waals surface area contributed by atoms with Crippen LogP contribution in [0.3, 0.4) is 0 Å². The molecule has 0 saturated carbocycles. The molecule has 0 aromatic rings. The molecule has 0 saturated heterocycles. The minimum atomic E-state index is -0.830. The first-order valence-corrected chi connectivity index (χ1v) is 17.4. The molecule has 2 atom stereocenters. The molecule has 0 heterocycles. The second-order valence-electron chi connectivity index (χ2n) is 11.9. The summed E-state index contributed by atoms with van der Waals surface area (Å²) in [5, 5.41) is 22.8. The minimum absolute atomic E-state index is 0.0643. The number of aliphatic hydroxyl groups is 2. The van der Waals surface area contributed by atoms with Gasteiger partial charge in [-0.05, 0) is 19.3 Å². The molecule has 0 rings (SSSR count). The van der Waals surface area contributed by atoms with E-state index in [1.807, 2.05) is 6.08 Å². The number of unbranched alkanes of at least 4 members (excludes halogenated alkanes) is 24. The normalized spacial score (nSPS) is 13.2. The topological polar surface area (TPSA) is 69.6 Å². The van der Waals surface area contributed by atoms with E-state index in [1.54, 1.807) is 6.08 Å². The first kappa shape index (κ1) is 38.1. The third-order valence-electron chi connectivity index (χ3n) is 8.02. The zero-order chi connectivity index (χ0) is 28.7. The number of hydrogen-bond donors (Lipinski definition) is 3. The van der Waals surface area contributed by atoms with Gasteiger partial charge in [0.25, 0.3) is 0 Å². The Balaban J connectivity index is 3.57. The maximum Gasteiger partial charge on any atom is 0.220 e. The predicted octanol–water partition coefficient (Wildman–Crippen LogP) is 9.95. The average molecular weight is 552 g/mol. The molecule has 232 valence electrons. The summed E-state index contributed by atoms with van der Waals surface area (Å²) in [6, 6.07) is -0.613. The molecule has 3 N–H and O–H groups in total. The molecule has 0 aliphatic carbocycles. The van der Waals surface area contributed by atoms with Gasteiger partial charge in [0.05, 0.1) is 18.8 Å². The summed E-state index contributed by atoms with van der Waals surface area (Å²) in [5.41, 5.74) is 0. The first-order valence-electron chi connectivity index (χ1n) is 17.4. The van der Waals surface area contributed by atoms with Crippen LogP contribution in [0.15, 0.2) is 12.2 Å². The minimum Gasteiger partial charge on any atom is -0.394 e. The van der Waals surface area contributed by atoms with Crippen molar-refractivity contribution in [1.82, 2.24) is 5.32 Å². The van der Waals surface area contributed by atoms with Gasteiger partial charge in [0.2, 0.25) is 5.91 Å². The Morgan fingerprint density at radius 1 is 0.590 bits per heavy atom. The van der Waals surface area contributed by atoms with Crippen LogP contribution >= 0.6 is 0 Å². The van der Waals surface area contributed by atoms with Crippen molar-refractivity contribution in [1.29, 1.82) is 0 Å². The van der Waals surface area contributed by atoms with Crippen molar-refractivity contribution in [3.05, 3.63) is 12.2 Å². The number of allylic oxidation sites excluding steroid dienone is 1. The molecule has 39 heavy (non-hydrogen) atoms. The Kier molecular flexibility index (Phi) is 30.9. The Morgan fingerprint density at radius 2 is 0.949 bits per heavy atom. The SMILES string of the molecule is CCCCCCCCCC/C=C/[C@@H](O)[C@H](CO)NC(=O)CCCCCCCCCCCCCCCCCCC. The standard InChI is InChI=1S/C35H69NO3/c1-3-5-7-9-11-13-15-16-17-18-19-20-21-23-25-27-29-31-35(39)36-33(32-37)34(38)30-28-26-24-22-14-12-10-8-6-4-2/h28,30,33-34,37-38H,3-27,29,31-32H2,1-2H3,(H,36,39)/b30-28+/t33-,34+/m0/s1. The van der Waals surface area contributed by atoms with Crippen molar-refractivity contribution in [2.45, 2.75) is 199 Å². The zero-order valence-corrected chi connectivity index (χ0v) is 26.4. The number of hydrogen-bond acceptors (Lipinski definition) is 3. The summed E-state index contributed by atoms with van der Waals surface area (Å²) in [4.78, 5) is 12.3. The van der Waals surface area contributed by atoms with Gasteiger partial charge in [-0.3, -0.25) is 4.79 Å². The van der Waals surface area contributed by atoms with Gasteiger partial charge >= 0.3 is 0 Å². The zero-order valence-electron chi connectivity index (χ0n) is 26.4. The van der Waals surface area contributed by atoms with E-state index in [0.717, 1.165) is 25.7 Å². The van der Waals surface area contributed by atoms with E-state index in [-0.39, 0.29) is 12.5 Å². The third-order valence-corrected chi connectivity index (χ3v) is 8.02. The van der Waals surface area contributed by atoms with Gasteiger partial charge in [0.15, 0.2) is 0 Å². The summed E-state index contributed by atoms with van der Waals surface area (Å²) in [6.45, 7) is 4.28. The van der Waals surface area contributed by atoms with Gasteiger partial charge in [0.1, 0.15) is 0 Å². The molecule has 4 heteroatoms. The quantitative estimate of drug-likeness (QED) is 0.0593. The first-order chi connectivity index (χ1) is 19.2. The van der Waals surface area contributed by atoms with E-state index in [9.17, 15) is 15.0 Å². The fourth-order valence-electron chi connectivity index (χ4n) is 5.29. The van der Waals surface area contributed by atoms with Crippen LogP contribution < -0.4 is 5.32 Å². The largest absolute Gasteiger partial charge is 0.394 e. The van der Waals surface area contributed by atoms with E-state index < -0.39 is 12.1 Å². The van der Waals surface area contributed by atoms with Gasteiger partial charge < -0.3 is 15.5 Å². The summed E-state index contributed by atoms with van der Waals surface area (Å²) in [6.07, 6.45) is 37.2. The Labute approximate surface area is 244 Å². The molecule has 0 unspecified atom stereocenters. The predicted molar refractivity (Wildman–Crippen MR) is 170 cm³/mol. The lowest BCUT2D eigenvalue weighted by atomic mass is 10.0. The van der Waals surface area contributed by atoms with Gasteiger partial charge in [-0.15, -0.1) is 0 Å². The van der Waals surface area contributed by atoms with Crippen molar-refractivity contribution in [2.24, 2.45) is 0 Å². The number of carbonyl (C=O) groups excluding carboxylic acids is 1. The molecule has 0 fully saturated rings. The second-order valence-corrected chi connectivity index (χ2v) is 11.9. The Hall–Kier alpha value is -0.870. The fraction of sp³-hybridized carbons (Fsp3) is 0.914. The smallest absolute Gasteiger partial charge is 0.220 e. The highest BCUT2D eigenvalue weighted by Crippen LogP contribution is 2.15. The highest BCUT2D eigenvalue weighted by atomic mass is 16.3. The summed E-state index contributed by atoms with van der Waals surface area (Å²) in [7, 11) is 0. The summed E-state index contributed by atoms with van der Waals surface area (Å²) in [5.74, 6) is -0.0643. The lowest BCUT2D eigenvalue weighted by molar-refractivity contribution is -0.123. The molecule has 0 aliphatic heterocycles. The molecular formula is C35H69NO3. The van der Waals surface area contributed by atoms with Crippen LogP contribution in [0.1, 0.15) is 187 Å². The van der Waals surface area contributed by atoms with Gasteiger partial charge in [-0.25, -0.2) is 0 Å². The van der Waals surface area contributed by atoms with Gasteiger partial charge in [-0.1, -0.05) is 174 Å². The lowest BCUT2D eigenvalue weighted by Gasteiger charge is -2.20. The molecule has 1 amide bonds. The van der Waals surface area contributed by atoms with Gasteiger partial charge in [0, 0.05) is 6.42 Å². The van der Waals surface area contributed by atoms with Crippen LogP contribution in [-0.4, -0.2) is 34.9 Å². The summed E-state index contributed by atoms with van der Waals surface area (Å²) >= 11 is 0. The average Bonchev–Trinajstić information content (AvgIpc) is 2.94. The number of carbonyl (C=O) groups is 1. The molecule has 4 nitrogen and oxygen atoms in total.